The summed E-state index contributed by atoms with van der Waals surface area (Å²) < 4.78 is 9.69. The summed E-state index contributed by atoms with van der Waals surface area (Å²) in [6, 6.07) is 0. The van der Waals surface area contributed by atoms with Crippen molar-refractivity contribution in [3.63, 3.8) is 0 Å². The molecule has 0 aromatic rings. The zero-order valence-electron chi connectivity index (χ0n) is 8.41. The molecular formula is C10H18O4. The van der Waals surface area contributed by atoms with Crippen molar-refractivity contribution in [1.82, 2.24) is 0 Å². The molecule has 0 spiro atoms. The summed E-state index contributed by atoms with van der Waals surface area (Å²) in [5, 5.41) is 8.44. The van der Waals surface area contributed by atoms with E-state index >= 15 is 0 Å². The Balaban J connectivity index is 0.000000140. The van der Waals surface area contributed by atoms with Crippen molar-refractivity contribution in [3.8, 4) is 0 Å². The van der Waals surface area contributed by atoms with Crippen LogP contribution in [-0.2, 0) is 14.3 Å². The van der Waals surface area contributed by atoms with Crippen molar-refractivity contribution in [2.45, 2.75) is 38.2 Å². The molecule has 0 aromatic heterocycles. The summed E-state index contributed by atoms with van der Waals surface area (Å²) in [7, 11) is 0. The lowest BCUT2D eigenvalue weighted by atomic mass is 10.2. The fraction of sp³-hybridized carbons (Fsp3) is 0.900. The Labute approximate surface area is 84.2 Å². The van der Waals surface area contributed by atoms with Crippen molar-refractivity contribution in [3.05, 3.63) is 0 Å². The van der Waals surface area contributed by atoms with Crippen LogP contribution in [0.25, 0.3) is 0 Å². The molecule has 4 nitrogen and oxygen atoms in total. The van der Waals surface area contributed by atoms with Gasteiger partial charge >= 0.3 is 5.97 Å². The third-order valence-corrected chi connectivity index (χ3v) is 2.27. The Hall–Kier alpha value is -0.610. The third kappa shape index (κ3) is 4.58. The fourth-order valence-electron chi connectivity index (χ4n) is 1.42. The summed E-state index contributed by atoms with van der Waals surface area (Å²) in [6.45, 7) is 1.67. The van der Waals surface area contributed by atoms with Crippen molar-refractivity contribution < 1.29 is 19.4 Å². The second-order valence-corrected chi connectivity index (χ2v) is 3.50. The minimum absolute atomic E-state index is 0.0359. The molecule has 0 saturated carbocycles. The van der Waals surface area contributed by atoms with Crippen LogP contribution in [0.3, 0.4) is 0 Å². The van der Waals surface area contributed by atoms with Crippen LogP contribution in [0.1, 0.15) is 32.1 Å². The summed E-state index contributed by atoms with van der Waals surface area (Å²) >= 11 is 0. The quantitative estimate of drug-likeness (QED) is 0.641. The second kappa shape index (κ2) is 6.79. The van der Waals surface area contributed by atoms with Crippen LogP contribution in [0.5, 0.6) is 0 Å². The molecule has 0 amide bonds. The predicted molar refractivity (Wildman–Crippen MR) is 50.9 cm³/mol. The summed E-state index contributed by atoms with van der Waals surface area (Å²) in [4.78, 5) is 10.2. The molecule has 1 unspecified atom stereocenters. The number of esters is 1. The number of carbonyl (C=O) groups is 1. The molecule has 2 aliphatic heterocycles. The molecule has 2 rings (SSSR count). The van der Waals surface area contributed by atoms with Crippen LogP contribution in [0.15, 0.2) is 0 Å². The number of rotatable bonds is 1. The SMILES string of the molecule is O=C1CCCCO1.OCC1CCCO1. The molecule has 2 fully saturated rings. The summed E-state index contributed by atoms with van der Waals surface area (Å²) in [6.07, 6.45) is 4.99. The highest BCUT2D eigenvalue weighted by Gasteiger charge is 2.12. The van der Waals surface area contributed by atoms with Crippen LogP contribution >= 0.6 is 0 Å². The Morgan fingerprint density at radius 3 is 2.43 bits per heavy atom. The zero-order valence-corrected chi connectivity index (χ0v) is 8.41. The third-order valence-electron chi connectivity index (χ3n) is 2.27. The van der Waals surface area contributed by atoms with Gasteiger partial charge in [-0.2, -0.15) is 0 Å². The van der Waals surface area contributed by atoms with Crippen LogP contribution in [0.2, 0.25) is 0 Å². The van der Waals surface area contributed by atoms with Gasteiger partial charge in [-0.05, 0) is 25.7 Å². The smallest absolute Gasteiger partial charge is 0.305 e. The van der Waals surface area contributed by atoms with Gasteiger partial charge in [-0.3, -0.25) is 4.79 Å². The van der Waals surface area contributed by atoms with Crippen LogP contribution < -0.4 is 0 Å². The Morgan fingerprint density at radius 1 is 1.29 bits per heavy atom. The first-order chi connectivity index (χ1) is 6.83. The number of aliphatic hydroxyl groups excluding tert-OH is 1. The van der Waals surface area contributed by atoms with E-state index in [0.29, 0.717) is 13.0 Å². The molecule has 1 N–H and O–H groups in total. The molecule has 0 aromatic carbocycles. The number of hydrogen-bond donors (Lipinski definition) is 1. The Morgan fingerprint density at radius 2 is 2.14 bits per heavy atom. The van der Waals surface area contributed by atoms with Gasteiger partial charge in [-0.25, -0.2) is 0 Å². The second-order valence-electron chi connectivity index (χ2n) is 3.50. The molecule has 2 saturated heterocycles. The molecule has 4 heteroatoms. The monoisotopic (exact) mass is 202 g/mol. The van der Waals surface area contributed by atoms with E-state index in [4.69, 9.17) is 9.84 Å². The molecule has 0 aliphatic carbocycles. The minimum Gasteiger partial charge on any atom is -0.466 e. The lowest BCUT2D eigenvalue weighted by molar-refractivity contribution is -0.146. The van der Waals surface area contributed by atoms with Gasteiger partial charge in [-0.1, -0.05) is 0 Å². The van der Waals surface area contributed by atoms with E-state index in [2.05, 4.69) is 4.74 Å². The van der Waals surface area contributed by atoms with Crippen LogP contribution in [0.4, 0.5) is 0 Å². The largest absolute Gasteiger partial charge is 0.466 e. The van der Waals surface area contributed by atoms with Gasteiger partial charge in [0.2, 0.25) is 0 Å². The molecule has 2 heterocycles. The van der Waals surface area contributed by atoms with Crippen LogP contribution in [-0.4, -0.2) is 37.0 Å². The summed E-state index contributed by atoms with van der Waals surface area (Å²) in [5.41, 5.74) is 0. The predicted octanol–water partition coefficient (Wildman–Crippen LogP) is 0.871. The number of cyclic esters (lactones) is 1. The molecule has 1 atom stereocenters. The maximum atomic E-state index is 10.2. The lowest BCUT2D eigenvalue weighted by Crippen LogP contribution is -2.10. The molecule has 2 aliphatic rings. The highest BCUT2D eigenvalue weighted by Crippen LogP contribution is 2.09. The topological polar surface area (TPSA) is 55.8 Å². The van der Waals surface area contributed by atoms with Gasteiger partial charge in [0, 0.05) is 13.0 Å². The van der Waals surface area contributed by atoms with Gasteiger partial charge in [0.05, 0.1) is 19.3 Å². The Kier molecular flexibility index (Phi) is 5.56. The van der Waals surface area contributed by atoms with Crippen molar-refractivity contribution in [2.75, 3.05) is 19.8 Å². The van der Waals surface area contributed by atoms with E-state index in [1.807, 2.05) is 0 Å². The standard InChI is InChI=1S/C5H10O2.C5H8O2/c6-4-5-2-1-3-7-5;6-5-3-1-2-4-7-5/h5-6H,1-4H2;1-4H2. The highest BCUT2D eigenvalue weighted by molar-refractivity contribution is 5.69. The fourth-order valence-corrected chi connectivity index (χ4v) is 1.42. The van der Waals surface area contributed by atoms with E-state index in [0.717, 1.165) is 32.3 Å². The molecule has 0 bridgehead atoms. The number of hydrogen-bond acceptors (Lipinski definition) is 4. The first-order valence-electron chi connectivity index (χ1n) is 5.21. The highest BCUT2D eigenvalue weighted by atomic mass is 16.5. The van der Waals surface area contributed by atoms with E-state index in [-0.39, 0.29) is 18.7 Å². The lowest BCUT2D eigenvalue weighted by Gasteiger charge is -2.08. The number of aliphatic hydroxyl groups is 1. The van der Waals surface area contributed by atoms with Crippen molar-refractivity contribution in [1.29, 1.82) is 0 Å². The van der Waals surface area contributed by atoms with Crippen LogP contribution in [0, 0.1) is 0 Å². The van der Waals surface area contributed by atoms with E-state index in [1.54, 1.807) is 0 Å². The van der Waals surface area contributed by atoms with E-state index in [9.17, 15) is 4.79 Å². The average Bonchev–Trinajstić information content (AvgIpc) is 2.72. The average molecular weight is 202 g/mol. The normalized spacial score (nSPS) is 26.4. The van der Waals surface area contributed by atoms with Gasteiger partial charge in [0.25, 0.3) is 0 Å². The molecule has 14 heavy (non-hydrogen) atoms. The zero-order chi connectivity index (χ0) is 10.2. The van der Waals surface area contributed by atoms with Gasteiger partial charge in [0.1, 0.15) is 0 Å². The summed E-state index contributed by atoms with van der Waals surface area (Å²) in [5.74, 6) is -0.0359. The molecule has 0 radical (unpaired) electrons. The maximum Gasteiger partial charge on any atom is 0.305 e. The molecular weight excluding hydrogens is 184 g/mol. The molecule has 82 valence electrons. The van der Waals surface area contributed by atoms with Gasteiger partial charge in [0.15, 0.2) is 0 Å². The van der Waals surface area contributed by atoms with Gasteiger partial charge < -0.3 is 14.6 Å². The first-order valence-corrected chi connectivity index (χ1v) is 5.21. The van der Waals surface area contributed by atoms with Crippen molar-refractivity contribution >= 4 is 5.97 Å². The first kappa shape index (κ1) is 11.5. The number of ether oxygens (including phenoxy) is 2. The minimum atomic E-state index is -0.0359. The van der Waals surface area contributed by atoms with Crippen molar-refractivity contribution in [2.24, 2.45) is 0 Å². The van der Waals surface area contributed by atoms with E-state index < -0.39 is 0 Å². The Bertz CT molecular complexity index is 156. The van der Waals surface area contributed by atoms with Gasteiger partial charge in [-0.15, -0.1) is 0 Å². The van der Waals surface area contributed by atoms with E-state index in [1.165, 1.54) is 0 Å². The number of carbonyl (C=O) groups excluding carboxylic acids is 1. The maximum absolute atomic E-state index is 10.2.